The Kier molecular flexibility index (Phi) is 8.67. The van der Waals surface area contributed by atoms with Crippen LogP contribution in [0.1, 0.15) is 60.8 Å². The largest absolute Gasteiger partial charge is 0.302 e. The van der Waals surface area contributed by atoms with Gasteiger partial charge < -0.3 is 4.90 Å². The first-order chi connectivity index (χ1) is 11.9. The van der Waals surface area contributed by atoms with E-state index in [2.05, 4.69) is 61.1 Å². The van der Waals surface area contributed by atoms with E-state index in [0.717, 1.165) is 6.04 Å². The van der Waals surface area contributed by atoms with Gasteiger partial charge in [-0.15, -0.1) is 0 Å². The molecule has 4 nitrogen and oxygen atoms in total. The van der Waals surface area contributed by atoms with Crippen molar-refractivity contribution in [2.45, 2.75) is 85.0 Å². The van der Waals surface area contributed by atoms with Gasteiger partial charge in [-0.05, 0) is 87.0 Å². The maximum absolute atomic E-state index is 2.74. The maximum Gasteiger partial charge on any atom is 0.0115 e. The van der Waals surface area contributed by atoms with Gasteiger partial charge in [0.25, 0.3) is 0 Å². The van der Waals surface area contributed by atoms with Crippen molar-refractivity contribution in [1.82, 2.24) is 19.6 Å². The topological polar surface area (TPSA) is 13.0 Å². The van der Waals surface area contributed by atoms with Crippen LogP contribution in [-0.4, -0.2) is 96.1 Å². The molecule has 0 aromatic carbocycles. The molecule has 2 aliphatic rings. The van der Waals surface area contributed by atoms with Gasteiger partial charge in [-0.25, -0.2) is 0 Å². The molecule has 0 aromatic heterocycles. The molecule has 2 heterocycles. The van der Waals surface area contributed by atoms with Crippen molar-refractivity contribution in [3.05, 3.63) is 0 Å². The summed E-state index contributed by atoms with van der Waals surface area (Å²) in [5.41, 5.74) is 0. The quantitative estimate of drug-likeness (QED) is 0.728. The highest BCUT2D eigenvalue weighted by atomic mass is 15.3. The van der Waals surface area contributed by atoms with Crippen LogP contribution in [0.25, 0.3) is 0 Å². The molecule has 2 atom stereocenters. The van der Waals surface area contributed by atoms with Crippen LogP contribution >= 0.6 is 0 Å². The van der Waals surface area contributed by atoms with E-state index in [9.17, 15) is 0 Å². The van der Waals surface area contributed by atoms with Gasteiger partial charge in [0.2, 0.25) is 0 Å². The summed E-state index contributed by atoms with van der Waals surface area (Å²) < 4.78 is 0. The van der Waals surface area contributed by atoms with Crippen LogP contribution in [0.5, 0.6) is 0 Å². The molecule has 0 N–H and O–H groups in total. The lowest BCUT2D eigenvalue weighted by molar-refractivity contribution is 0.162. The van der Waals surface area contributed by atoms with E-state index in [0.29, 0.717) is 18.1 Å². The second kappa shape index (κ2) is 10.2. The fourth-order valence-electron chi connectivity index (χ4n) is 4.58. The molecule has 0 radical (unpaired) electrons. The minimum Gasteiger partial charge on any atom is -0.302 e. The number of hydrogen-bond acceptors (Lipinski definition) is 4. The standard InChI is InChI=1S/C21H44N4/c1-18(2)23-10-7-11-24(16-15-23)20(5)8-12-22-13-9-21(6)25(17-14-22)19(3)4/h18-21H,7-17H2,1-6H3/t20?,21-/m0/s1. The summed E-state index contributed by atoms with van der Waals surface area (Å²) in [4.78, 5) is 10.8. The van der Waals surface area contributed by atoms with Crippen molar-refractivity contribution >= 4 is 0 Å². The third-order valence-corrected chi connectivity index (χ3v) is 6.55. The van der Waals surface area contributed by atoms with Crippen LogP contribution in [0, 0.1) is 0 Å². The Balaban J connectivity index is 1.75. The Morgan fingerprint density at radius 3 is 2.12 bits per heavy atom. The third-order valence-electron chi connectivity index (χ3n) is 6.55. The summed E-state index contributed by atoms with van der Waals surface area (Å²) in [6, 6.07) is 2.82. The lowest BCUT2D eigenvalue weighted by Crippen LogP contribution is -2.41. The van der Waals surface area contributed by atoms with Crippen molar-refractivity contribution in [2.24, 2.45) is 0 Å². The molecule has 0 aliphatic carbocycles. The lowest BCUT2D eigenvalue weighted by Gasteiger charge is -2.31. The summed E-state index contributed by atoms with van der Waals surface area (Å²) in [6.07, 6.45) is 3.96. The summed E-state index contributed by atoms with van der Waals surface area (Å²) >= 11 is 0. The van der Waals surface area contributed by atoms with Gasteiger partial charge in [-0.1, -0.05) is 0 Å². The van der Waals surface area contributed by atoms with E-state index in [4.69, 9.17) is 0 Å². The smallest absolute Gasteiger partial charge is 0.0115 e. The van der Waals surface area contributed by atoms with Gasteiger partial charge in [-0.2, -0.15) is 0 Å². The molecule has 0 spiro atoms. The predicted octanol–water partition coefficient (Wildman–Crippen LogP) is 2.99. The van der Waals surface area contributed by atoms with E-state index in [-0.39, 0.29) is 0 Å². The van der Waals surface area contributed by atoms with Gasteiger partial charge in [0.05, 0.1) is 0 Å². The molecular weight excluding hydrogens is 308 g/mol. The van der Waals surface area contributed by atoms with Crippen molar-refractivity contribution in [2.75, 3.05) is 52.4 Å². The highest BCUT2D eigenvalue weighted by Gasteiger charge is 2.24. The zero-order valence-corrected chi connectivity index (χ0v) is 17.9. The van der Waals surface area contributed by atoms with E-state index < -0.39 is 0 Å². The summed E-state index contributed by atoms with van der Waals surface area (Å²) in [6.45, 7) is 24.3. The minimum atomic E-state index is 0.676. The summed E-state index contributed by atoms with van der Waals surface area (Å²) in [7, 11) is 0. The molecule has 0 aromatic rings. The van der Waals surface area contributed by atoms with Gasteiger partial charge in [-0.3, -0.25) is 14.7 Å². The van der Waals surface area contributed by atoms with Crippen molar-refractivity contribution in [3.63, 3.8) is 0 Å². The van der Waals surface area contributed by atoms with Crippen LogP contribution in [0.15, 0.2) is 0 Å². The molecule has 2 fully saturated rings. The first-order valence-corrected chi connectivity index (χ1v) is 10.8. The van der Waals surface area contributed by atoms with Crippen molar-refractivity contribution in [3.8, 4) is 0 Å². The van der Waals surface area contributed by atoms with E-state index >= 15 is 0 Å². The number of hydrogen-bond donors (Lipinski definition) is 0. The predicted molar refractivity (Wildman–Crippen MR) is 109 cm³/mol. The zero-order valence-electron chi connectivity index (χ0n) is 17.9. The first-order valence-electron chi connectivity index (χ1n) is 10.8. The monoisotopic (exact) mass is 352 g/mol. The SMILES string of the molecule is CC(C)N1CCCN(C(C)CCN2CC[C@H](C)N(C(C)C)CC2)CC1. The molecule has 0 amide bonds. The second-order valence-electron chi connectivity index (χ2n) is 8.97. The van der Waals surface area contributed by atoms with Crippen LogP contribution < -0.4 is 0 Å². The molecule has 0 saturated carbocycles. The summed E-state index contributed by atoms with van der Waals surface area (Å²) in [5, 5.41) is 0. The van der Waals surface area contributed by atoms with Crippen molar-refractivity contribution < 1.29 is 0 Å². The normalized spacial score (nSPS) is 27.6. The Labute approximate surface area is 157 Å². The van der Waals surface area contributed by atoms with E-state index in [1.165, 1.54) is 71.6 Å². The van der Waals surface area contributed by atoms with Crippen molar-refractivity contribution in [1.29, 1.82) is 0 Å². The molecule has 2 rings (SSSR count). The molecule has 148 valence electrons. The number of nitrogens with zero attached hydrogens (tertiary/aromatic N) is 4. The van der Waals surface area contributed by atoms with Crippen LogP contribution in [0.2, 0.25) is 0 Å². The summed E-state index contributed by atoms with van der Waals surface area (Å²) in [5.74, 6) is 0. The average molecular weight is 353 g/mol. The minimum absolute atomic E-state index is 0.676. The fourth-order valence-corrected chi connectivity index (χ4v) is 4.58. The van der Waals surface area contributed by atoms with Gasteiger partial charge in [0.1, 0.15) is 0 Å². The Morgan fingerprint density at radius 1 is 0.760 bits per heavy atom. The molecular formula is C21H44N4. The van der Waals surface area contributed by atoms with Crippen LogP contribution in [0.3, 0.4) is 0 Å². The Bertz CT molecular complexity index is 371. The third kappa shape index (κ3) is 6.50. The Hall–Kier alpha value is -0.160. The number of rotatable bonds is 6. The zero-order chi connectivity index (χ0) is 18.4. The van der Waals surface area contributed by atoms with Gasteiger partial charge in [0.15, 0.2) is 0 Å². The molecule has 2 aliphatic heterocycles. The molecule has 2 saturated heterocycles. The highest BCUT2D eigenvalue weighted by Crippen LogP contribution is 2.16. The second-order valence-corrected chi connectivity index (χ2v) is 8.97. The lowest BCUT2D eigenvalue weighted by atomic mass is 10.1. The van der Waals surface area contributed by atoms with Gasteiger partial charge >= 0.3 is 0 Å². The van der Waals surface area contributed by atoms with E-state index in [1.54, 1.807) is 0 Å². The molecule has 25 heavy (non-hydrogen) atoms. The maximum atomic E-state index is 2.74. The fraction of sp³-hybridized carbons (Fsp3) is 1.00. The first kappa shape index (κ1) is 21.1. The average Bonchev–Trinajstić information content (AvgIpc) is 2.91. The van der Waals surface area contributed by atoms with Crippen LogP contribution in [-0.2, 0) is 0 Å². The molecule has 0 bridgehead atoms. The molecule has 4 heteroatoms. The van der Waals surface area contributed by atoms with E-state index in [1.807, 2.05) is 0 Å². The molecule has 1 unspecified atom stereocenters. The van der Waals surface area contributed by atoms with Gasteiger partial charge in [0, 0.05) is 50.3 Å². The van der Waals surface area contributed by atoms with Crippen LogP contribution in [0.4, 0.5) is 0 Å². The Morgan fingerprint density at radius 2 is 1.44 bits per heavy atom. The highest BCUT2D eigenvalue weighted by molar-refractivity contribution is 4.80.